The molecule has 0 fully saturated rings. The third-order valence-corrected chi connectivity index (χ3v) is 1.62. The maximum atomic E-state index is 5.19. The van der Waals surface area contributed by atoms with Crippen LogP contribution in [0.4, 0.5) is 0 Å². The zero-order chi connectivity index (χ0) is 8.81. The third kappa shape index (κ3) is 2.29. The van der Waals surface area contributed by atoms with E-state index in [0.717, 1.165) is 5.69 Å². The smallest absolute Gasteiger partial charge is 0.122 e. The average Bonchev–Trinajstić information content (AvgIpc) is 2.15. The Kier molecular flexibility index (Phi) is 3.70. The van der Waals surface area contributed by atoms with E-state index in [-0.39, 0.29) is 6.10 Å². The maximum Gasteiger partial charge on any atom is 0.122 e. The van der Waals surface area contributed by atoms with Gasteiger partial charge in [0.15, 0.2) is 0 Å². The average molecular weight is 167 g/mol. The molecule has 1 atom stereocenters. The molecular formula is C9H13NO2. The van der Waals surface area contributed by atoms with Crippen molar-refractivity contribution < 1.29 is 9.47 Å². The normalized spacial score (nSPS) is 12.8. The van der Waals surface area contributed by atoms with Gasteiger partial charge in [0.05, 0.1) is 12.3 Å². The van der Waals surface area contributed by atoms with E-state index in [1.165, 1.54) is 0 Å². The van der Waals surface area contributed by atoms with Gasteiger partial charge in [0.2, 0.25) is 0 Å². The SMILES string of the molecule is COCC(OC)c1ccccn1. The van der Waals surface area contributed by atoms with E-state index in [1.54, 1.807) is 20.4 Å². The van der Waals surface area contributed by atoms with Crippen LogP contribution >= 0.6 is 0 Å². The summed E-state index contributed by atoms with van der Waals surface area (Å²) in [5.74, 6) is 0. The summed E-state index contributed by atoms with van der Waals surface area (Å²) in [7, 11) is 3.30. The molecule has 0 amide bonds. The summed E-state index contributed by atoms with van der Waals surface area (Å²) in [6, 6.07) is 5.74. The van der Waals surface area contributed by atoms with E-state index in [2.05, 4.69) is 4.98 Å². The predicted octanol–water partition coefficient (Wildman–Crippen LogP) is 1.42. The number of hydrogen-bond acceptors (Lipinski definition) is 3. The van der Waals surface area contributed by atoms with E-state index < -0.39 is 0 Å². The molecule has 3 heteroatoms. The number of nitrogens with zero attached hydrogens (tertiary/aromatic N) is 1. The van der Waals surface area contributed by atoms with E-state index in [0.29, 0.717) is 6.61 Å². The van der Waals surface area contributed by atoms with E-state index in [1.807, 2.05) is 18.2 Å². The highest BCUT2D eigenvalue weighted by molar-refractivity contribution is 5.06. The Hall–Kier alpha value is -0.930. The van der Waals surface area contributed by atoms with E-state index >= 15 is 0 Å². The summed E-state index contributed by atoms with van der Waals surface area (Å²) in [4.78, 5) is 4.16. The molecule has 0 bridgehead atoms. The van der Waals surface area contributed by atoms with Gasteiger partial charge in [0.1, 0.15) is 6.10 Å². The molecule has 1 aromatic rings. The van der Waals surface area contributed by atoms with Gasteiger partial charge < -0.3 is 9.47 Å². The Balaban J connectivity index is 2.66. The fourth-order valence-electron chi connectivity index (χ4n) is 0.992. The van der Waals surface area contributed by atoms with Crippen LogP contribution in [0.15, 0.2) is 24.4 Å². The minimum Gasteiger partial charge on any atom is -0.382 e. The first-order valence-corrected chi connectivity index (χ1v) is 3.81. The minimum atomic E-state index is -0.0591. The van der Waals surface area contributed by atoms with Gasteiger partial charge in [0, 0.05) is 20.4 Å². The van der Waals surface area contributed by atoms with E-state index in [9.17, 15) is 0 Å². The van der Waals surface area contributed by atoms with Crippen molar-refractivity contribution in [2.45, 2.75) is 6.10 Å². The van der Waals surface area contributed by atoms with Gasteiger partial charge in [-0.1, -0.05) is 6.07 Å². The van der Waals surface area contributed by atoms with Crippen LogP contribution in [0.25, 0.3) is 0 Å². The van der Waals surface area contributed by atoms with Crippen LogP contribution < -0.4 is 0 Å². The summed E-state index contributed by atoms with van der Waals surface area (Å²) >= 11 is 0. The van der Waals surface area contributed by atoms with Crippen molar-refractivity contribution in [1.29, 1.82) is 0 Å². The molecule has 66 valence electrons. The van der Waals surface area contributed by atoms with Gasteiger partial charge in [-0.05, 0) is 12.1 Å². The monoisotopic (exact) mass is 167 g/mol. The van der Waals surface area contributed by atoms with Crippen LogP contribution in [0.2, 0.25) is 0 Å². The van der Waals surface area contributed by atoms with Crippen molar-refractivity contribution in [2.24, 2.45) is 0 Å². The van der Waals surface area contributed by atoms with Gasteiger partial charge >= 0.3 is 0 Å². The number of pyridine rings is 1. The molecule has 0 saturated heterocycles. The third-order valence-electron chi connectivity index (χ3n) is 1.62. The van der Waals surface area contributed by atoms with Crippen molar-refractivity contribution >= 4 is 0 Å². The zero-order valence-corrected chi connectivity index (χ0v) is 7.36. The Morgan fingerprint density at radius 3 is 2.75 bits per heavy atom. The van der Waals surface area contributed by atoms with Crippen molar-refractivity contribution in [2.75, 3.05) is 20.8 Å². The highest BCUT2D eigenvalue weighted by Crippen LogP contribution is 2.12. The molecule has 1 aromatic heterocycles. The van der Waals surface area contributed by atoms with Crippen LogP contribution in [0.5, 0.6) is 0 Å². The molecule has 1 unspecified atom stereocenters. The highest BCUT2D eigenvalue weighted by Gasteiger charge is 2.09. The maximum absolute atomic E-state index is 5.19. The largest absolute Gasteiger partial charge is 0.382 e. The van der Waals surface area contributed by atoms with Crippen molar-refractivity contribution in [3.8, 4) is 0 Å². The van der Waals surface area contributed by atoms with Gasteiger partial charge in [-0.15, -0.1) is 0 Å². The fourth-order valence-corrected chi connectivity index (χ4v) is 0.992. The van der Waals surface area contributed by atoms with Gasteiger partial charge in [-0.2, -0.15) is 0 Å². The summed E-state index contributed by atoms with van der Waals surface area (Å²) in [6.07, 6.45) is 1.69. The molecule has 12 heavy (non-hydrogen) atoms. The molecule has 0 aliphatic carbocycles. The van der Waals surface area contributed by atoms with E-state index in [4.69, 9.17) is 9.47 Å². The molecule has 0 spiro atoms. The number of rotatable bonds is 4. The van der Waals surface area contributed by atoms with Gasteiger partial charge in [-0.25, -0.2) is 0 Å². The van der Waals surface area contributed by atoms with Crippen LogP contribution in [-0.2, 0) is 9.47 Å². The molecule has 0 aromatic carbocycles. The fraction of sp³-hybridized carbons (Fsp3) is 0.444. The Labute approximate surface area is 72.3 Å². The molecule has 0 saturated carbocycles. The summed E-state index contributed by atoms with van der Waals surface area (Å²) < 4.78 is 10.2. The summed E-state index contributed by atoms with van der Waals surface area (Å²) in [5, 5.41) is 0. The first-order chi connectivity index (χ1) is 5.88. The first-order valence-electron chi connectivity index (χ1n) is 3.81. The van der Waals surface area contributed by atoms with Crippen LogP contribution in [0.1, 0.15) is 11.8 Å². The molecule has 0 radical (unpaired) electrons. The second-order valence-electron chi connectivity index (χ2n) is 2.43. The molecule has 1 rings (SSSR count). The number of methoxy groups -OCH3 is 2. The predicted molar refractivity (Wildman–Crippen MR) is 45.9 cm³/mol. The molecule has 3 nitrogen and oxygen atoms in total. The van der Waals surface area contributed by atoms with Crippen molar-refractivity contribution in [1.82, 2.24) is 4.98 Å². The molecule has 0 aliphatic rings. The van der Waals surface area contributed by atoms with Gasteiger partial charge in [-0.3, -0.25) is 4.98 Å². The lowest BCUT2D eigenvalue weighted by molar-refractivity contribution is 0.0249. The van der Waals surface area contributed by atoms with Crippen molar-refractivity contribution in [3.63, 3.8) is 0 Å². The number of ether oxygens (including phenoxy) is 2. The van der Waals surface area contributed by atoms with Crippen LogP contribution in [-0.4, -0.2) is 25.8 Å². The Morgan fingerprint density at radius 2 is 2.25 bits per heavy atom. The Bertz CT molecular complexity index is 213. The van der Waals surface area contributed by atoms with Crippen LogP contribution in [0, 0.1) is 0 Å². The zero-order valence-electron chi connectivity index (χ0n) is 7.36. The summed E-state index contributed by atoms with van der Waals surface area (Å²) in [6.45, 7) is 0.535. The first kappa shape index (κ1) is 9.16. The number of aromatic nitrogens is 1. The second-order valence-corrected chi connectivity index (χ2v) is 2.43. The minimum absolute atomic E-state index is 0.0591. The lowest BCUT2D eigenvalue weighted by Gasteiger charge is -2.12. The lowest BCUT2D eigenvalue weighted by Crippen LogP contribution is -2.09. The van der Waals surface area contributed by atoms with Crippen LogP contribution in [0.3, 0.4) is 0 Å². The second kappa shape index (κ2) is 4.85. The molecule has 0 aliphatic heterocycles. The molecule has 1 heterocycles. The topological polar surface area (TPSA) is 31.4 Å². The van der Waals surface area contributed by atoms with Gasteiger partial charge in [0.25, 0.3) is 0 Å². The van der Waals surface area contributed by atoms with Crippen molar-refractivity contribution in [3.05, 3.63) is 30.1 Å². The lowest BCUT2D eigenvalue weighted by atomic mass is 10.2. The highest BCUT2D eigenvalue weighted by atomic mass is 16.5. The number of hydrogen-bond donors (Lipinski definition) is 0. The summed E-state index contributed by atoms with van der Waals surface area (Å²) in [5.41, 5.74) is 0.904. The Morgan fingerprint density at radius 1 is 1.42 bits per heavy atom. The quantitative estimate of drug-likeness (QED) is 0.679. The molecule has 0 N–H and O–H groups in total. The standard InChI is InChI=1S/C9H13NO2/c1-11-7-9(12-2)8-5-3-4-6-10-8/h3-6,9H,7H2,1-2H3. The molecular weight excluding hydrogens is 154 g/mol.